The number of hydrogen-bond donors (Lipinski definition) is 2. The molecule has 0 aliphatic carbocycles. The van der Waals surface area contributed by atoms with Crippen molar-refractivity contribution in [2.75, 3.05) is 16.9 Å². The molecule has 0 radical (unpaired) electrons. The summed E-state index contributed by atoms with van der Waals surface area (Å²) in [7, 11) is 0. The van der Waals surface area contributed by atoms with Crippen LogP contribution in [-0.2, 0) is 11.0 Å². The molecule has 22 heavy (non-hydrogen) atoms. The number of hydrogen-bond acceptors (Lipinski definition) is 5. The lowest BCUT2D eigenvalue weighted by atomic mass is 10.2. The van der Waals surface area contributed by atoms with E-state index in [0.717, 1.165) is 17.3 Å². The zero-order chi connectivity index (χ0) is 16.3. The van der Waals surface area contributed by atoms with Gasteiger partial charge in [-0.1, -0.05) is 23.9 Å². The molecule has 0 saturated carbocycles. The molecule has 10 heteroatoms. The summed E-state index contributed by atoms with van der Waals surface area (Å²) in [6.45, 7) is 1.87. The Kier molecular flexibility index (Phi) is 4.59. The number of halogens is 3. The van der Waals surface area contributed by atoms with Crippen molar-refractivity contribution in [2.45, 2.75) is 18.3 Å². The minimum absolute atomic E-state index is 0.138. The van der Waals surface area contributed by atoms with Gasteiger partial charge < -0.3 is 11.2 Å². The number of aryl methyl sites for hydroxylation is 1. The van der Waals surface area contributed by atoms with Gasteiger partial charge in [0.1, 0.15) is 0 Å². The van der Waals surface area contributed by atoms with Crippen LogP contribution in [0.5, 0.6) is 0 Å². The van der Waals surface area contributed by atoms with Gasteiger partial charge in [0, 0.05) is 5.69 Å². The molecule has 1 aromatic heterocycles. The molecule has 3 N–H and O–H groups in total. The van der Waals surface area contributed by atoms with Gasteiger partial charge in [0.2, 0.25) is 11.1 Å². The summed E-state index contributed by atoms with van der Waals surface area (Å²) in [5.41, 5.74) is 1.58. The van der Waals surface area contributed by atoms with Crippen LogP contribution in [0.15, 0.2) is 29.4 Å². The highest BCUT2D eigenvalue weighted by Crippen LogP contribution is 2.28. The Balaban J connectivity index is 1.96. The maximum Gasteiger partial charge on any atom is 0.453 e. The van der Waals surface area contributed by atoms with E-state index < -0.39 is 12.0 Å². The third-order valence-electron chi connectivity index (χ3n) is 2.55. The van der Waals surface area contributed by atoms with Crippen LogP contribution < -0.4 is 11.2 Å². The third kappa shape index (κ3) is 3.91. The molecule has 0 aliphatic rings. The summed E-state index contributed by atoms with van der Waals surface area (Å²) in [5, 5.41) is 8.74. The van der Waals surface area contributed by atoms with E-state index in [1.54, 1.807) is 18.2 Å². The van der Waals surface area contributed by atoms with E-state index in [0.29, 0.717) is 10.4 Å². The standard InChI is InChI=1S/C12H12F3N5OS/c1-7-3-2-4-8(5-7)17-9(21)6-22-11-19-18-10(20(11)16)12(13,14)15/h2-5H,6,16H2,1H3,(H,17,21). The van der Waals surface area contributed by atoms with Crippen molar-refractivity contribution in [3.63, 3.8) is 0 Å². The first-order chi connectivity index (χ1) is 10.3. The van der Waals surface area contributed by atoms with Gasteiger partial charge in [-0.3, -0.25) is 4.79 Å². The van der Waals surface area contributed by atoms with E-state index >= 15 is 0 Å². The van der Waals surface area contributed by atoms with E-state index in [-0.39, 0.29) is 16.8 Å². The van der Waals surface area contributed by atoms with Crippen molar-refractivity contribution < 1.29 is 18.0 Å². The second-order valence-corrected chi connectivity index (χ2v) is 5.32. The Morgan fingerprint density at radius 2 is 2.14 bits per heavy atom. The summed E-state index contributed by atoms with van der Waals surface area (Å²) in [5.74, 6) is 3.44. The molecule has 0 fully saturated rings. The van der Waals surface area contributed by atoms with Crippen molar-refractivity contribution in [3.8, 4) is 0 Å². The molecule has 118 valence electrons. The number of nitrogens with two attached hydrogens (primary N) is 1. The number of carbonyl (C=O) groups is 1. The lowest BCUT2D eigenvalue weighted by Gasteiger charge is -2.07. The van der Waals surface area contributed by atoms with Gasteiger partial charge in [0.05, 0.1) is 5.75 Å². The van der Waals surface area contributed by atoms with Gasteiger partial charge in [0.15, 0.2) is 0 Å². The van der Waals surface area contributed by atoms with Gasteiger partial charge in [-0.25, -0.2) is 4.68 Å². The average molecular weight is 331 g/mol. The number of aromatic nitrogens is 3. The normalized spacial score (nSPS) is 11.5. The molecular weight excluding hydrogens is 319 g/mol. The number of rotatable bonds is 4. The van der Waals surface area contributed by atoms with E-state index in [9.17, 15) is 18.0 Å². The number of amides is 1. The molecular formula is C12H12F3N5OS. The minimum atomic E-state index is -4.69. The Labute approximate surface area is 127 Å². The first-order valence-electron chi connectivity index (χ1n) is 6.04. The first kappa shape index (κ1) is 16.1. The molecule has 1 amide bonds. The fourth-order valence-corrected chi connectivity index (χ4v) is 2.28. The summed E-state index contributed by atoms with van der Waals surface area (Å²) in [6.07, 6.45) is -4.69. The van der Waals surface area contributed by atoms with Gasteiger partial charge in [-0.05, 0) is 24.6 Å². The van der Waals surface area contributed by atoms with E-state index in [1.165, 1.54) is 0 Å². The molecule has 1 aromatic carbocycles. The van der Waals surface area contributed by atoms with E-state index in [2.05, 4.69) is 15.5 Å². The summed E-state index contributed by atoms with van der Waals surface area (Å²) >= 11 is 0.768. The third-order valence-corrected chi connectivity index (χ3v) is 3.50. The second-order valence-electron chi connectivity index (χ2n) is 4.38. The first-order valence-corrected chi connectivity index (χ1v) is 7.03. The number of thioether (sulfide) groups is 1. The quantitative estimate of drug-likeness (QED) is 0.661. The molecule has 0 atom stereocenters. The van der Waals surface area contributed by atoms with Crippen LogP contribution in [0.3, 0.4) is 0 Å². The number of nitrogen functional groups attached to an aromatic ring is 1. The van der Waals surface area contributed by atoms with Crippen LogP contribution in [0.4, 0.5) is 18.9 Å². The largest absolute Gasteiger partial charge is 0.453 e. The minimum Gasteiger partial charge on any atom is -0.335 e. The maximum atomic E-state index is 12.5. The molecule has 1 heterocycles. The highest BCUT2D eigenvalue weighted by Gasteiger charge is 2.38. The molecule has 0 spiro atoms. The van der Waals surface area contributed by atoms with Crippen LogP contribution in [-0.4, -0.2) is 26.5 Å². The predicted octanol–water partition coefficient (Wildman–Crippen LogP) is 2.05. The van der Waals surface area contributed by atoms with Crippen molar-refractivity contribution in [3.05, 3.63) is 35.7 Å². The van der Waals surface area contributed by atoms with Crippen molar-refractivity contribution in [1.29, 1.82) is 0 Å². The van der Waals surface area contributed by atoms with Crippen LogP contribution in [0.1, 0.15) is 11.4 Å². The lowest BCUT2D eigenvalue weighted by Crippen LogP contribution is -2.22. The highest BCUT2D eigenvalue weighted by molar-refractivity contribution is 7.99. The molecule has 2 rings (SSSR count). The summed E-state index contributed by atoms with van der Waals surface area (Å²) in [4.78, 5) is 11.8. The number of alkyl halides is 3. The number of nitrogens with zero attached hydrogens (tertiary/aromatic N) is 3. The Morgan fingerprint density at radius 3 is 2.73 bits per heavy atom. The zero-order valence-electron chi connectivity index (χ0n) is 11.4. The van der Waals surface area contributed by atoms with Crippen LogP contribution in [0.2, 0.25) is 0 Å². The van der Waals surface area contributed by atoms with Gasteiger partial charge in [0.25, 0.3) is 5.82 Å². The Hall–Kier alpha value is -2.23. The zero-order valence-corrected chi connectivity index (χ0v) is 12.2. The van der Waals surface area contributed by atoms with Gasteiger partial charge in [-0.2, -0.15) is 13.2 Å². The summed E-state index contributed by atoms with van der Waals surface area (Å²) < 4.78 is 37.8. The van der Waals surface area contributed by atoms with Gasteiger partial charge in [-0.15, -0.1) is 10.2 Å². The number of anilines is 1. The highest BCUT2D eigenvalue weighted by atomic mass is 32.2. The molecule has 2 aromatic rings. The van der Waals surface area contributed by atoms with Gasteiger partial charge >= 0.3 is 6.18 Å². The van der Waals surface area contributed by atoms with Crippen LogP contribution >= 0.6 is 11.8 Å². The van der Waals surface area contributed by atoms with Crippen LogP contribution in [0, 0.1) is 6.92 Å². The molecule has 0 bridgehead atoms. The fraction of sp³-hybridized carbons (Fsp3) is 0.250. The Bertz CT molecular complexity index is 686. The monoisotopic (exact) mass is 331 g/mol. The number of nitrogens with one attached hydrogen (secondary N) is 1. The lowest BCUT2D eigenvalue weighted by molar-refractivity contribution is -0.146. The SMILES string of the molecule is Cc1cccc(NC(=O)CSc2nnc(C(F)(F)F)n2N)c1. The van der Waals surface area contributed by atoms with E-state index in [4.69, 9.17) is 5.84 Å². The summed E-state index contributed by atoms with van der Waals surface area (Å²) in [6, 6.07) is 7.14. The average Bonchev–Trinajstić information content (AvgIpc) is 2.77. The Morgan fingerprint density at radius 1 is 1.41 bits per heavy atom. The number of benzene rings is 1. The smallest absolute Gasteiger partial charge is 0.335 e. The molecule has 6 nitrogen and oxygen atoms in total. The van der Waals surface area contributed by atoms with Crippen molar-refractivity contribution in [2.24, 2.45) is 0 Å². The second kappa shape index (κ2) is 6.26. The van der Waals surface area contributed by atoms with Crippen molar-refractivity contribution in [1.82, 2.24) is 14.9 Å². The molecule has 0 unspecified atom stereocenters. The molecule has 0 aliphatic heterocycles. The predicted molar refractivity (Wildman–Crippen MR) is 75.7 cm³/mol. The fourth-order valence-electron chi connectivity index (χ4n) is 1.62. The number of carbonyl (C=O) groups excluding carboxylic acids is 1. The van der Waals surface area contributed by atoms with E-state index in [1.807, 2.05) is 13.0 Å². The molecule has 0 saturated heterocycles. The topological polar surface area (TPSA) is 85.8 Å². The van der Waals surface area contributed by atoms with Crippen LogP contribution in [0.25, 0.3) is 0 Å². The maximum absolute atomic E-state index is 12.5. The van der Waals surface area contributed by atoms with Crippen molar-refractivity contribution >= 4 is 23.4 Å².